The van der Waals surface area contributed by atoms with Crippen molar-refractivity contribution in [1.82, 2.24) is 15.5 Å². The van der Waals surface area contributed by atoms with Crippen molar-refractivity contribution in [3.63, 3.8) is 0 Å². The van der Waals surface area contributed by atoms with Gasteiger partial charge in [-0.3, -0.25) is 5.10 Å². The van der Waals surface area contributed by atoms with Crippen LogP contribution in [0.4, 0.5) is 0 Å². The third kappa shape index (κ3) is 2.07. The van der Waals surface area contributed by atoms with Crippen LogP contribution in [0.2, 0.25) is 0 Å². The third-order valence-electron chi connectivity index (χ3n) is 2.43. The van der Waals surface area contributed by atoms with Crippen LogP contribution in [-0.4, -0.2) is 17.2 Å². The molecule has 0 saturated carbocycles. The first-order chi connectivity index (χ1) is 7.31. The van der Waals surface area contributed by atoms with Gasteiger partial charge >= 0.3 is 0 Å². The van der Waals surface area contributed by atoms with E-state index in [0.717, 1.165) is 12.2 Å². The second-order valence-corrected chi connectivity index (χ2v) is 3.66. The van der Waals surface area contributed by atoms with Gasteiger partial charge in [-0.05, 0) is 19.5 Å². The minimum Gasteiger partial charge on any atom is -0.314 e. The number of nitrogens with one attached hydrogen (secondary N) is 2. The van der Waals surface area contributed by atoms with Crippen LogP contribution in [0.1, 0.15) is 11.3 Å². The van der Waals surface area contributed by atoms with Crippen LogP contribution in [0.25, 0.3) is 11.1 Å². The predicted octanol–water partition coefficient (Wildman–Crippen LogP) is 2.10. The molecule has 1 aromatic heterocycles. The molecule has 78 valence electrons. The molecule has 1 aromatic carbocycles. The highest BCUT2D eigenvalue weighted by Crippen LogP contribution is 2.21. The van der Waals surface area contributed by atoms with Crippen molar-refractivity contribution in [3.05, 3.63) is 41.7 Å². The number of aromatic amines is 1. The normalized spacial score (nSPS) is 10.5. The minimum absolute atomic E-state index is 0.809. The molecule has 0 saturated heterocycles. The van der Waals surface area contributed by atoms with Crippen LogP contribution in [0, 0.1) is 6.92 Å². The average Bonchev–Trinajstić information content (AvgIpc) is 2.68. The maximum Gasteiger partial charge on any atom is 0.0569 e. The Labute approximate surface area is 89.5 Å². The van der Waals surface area contributed by atoms with Crippen molar-refractivity contribution in [1.29, 1.82) is 0 Å². The van der Waals surface area contributed by atoms with E-state index in [1.54, 1.807) is 0 Å². The molecule has 2 N–H and O–H groups in total. The number of benzene rings is 1. The summed E-state index contributed by atoms with van der Waals surface area (Å²) in [4.78, 5) is 0. The zero-order chi connectivity index (χ0) is 10.7. The predicted molar refractivity (Wildman–Crippen MR) is 61.5 cm³/mol. The van der Waals surface area contributed by atoms with Gasteiger partial charge < -0.3 is 5.32 Å². The summed E-state index contributed by atoms with van der Waals surface area (Å²) in [6, 6.07) is 8.48. The van der Waals surface area contributed by atoms with Crippen LogP contribution in [0.15, 0.2) is 30.5 Å². The van der Waals surface area contributed by atoms with Crippen LogP contribution in [0.5, 0.6) is 0 Å². The quantitative estimate of drug-likeness (QED) is 0.798. The van der Waals surface area contributed by atoms with Crippen LogP contribution in [-0.2, 0) is 6.54 Å². The van der Waals surface area contributed by atoms with Crippen molar-refractivity contribution in [2.45, 2.75) is 13.5 Å². The number of rotatable bonds is 3. The van der Waals surface area contributed by atoms with Crippen LogP contribution in [0.3, 0.4) is 0 Å². The summed E-state index contributed by atoms with van der Waals surface area (Å²) in [6.07, 6.45) is 1.87. The number of hydrogen-bond acceptors (Lipinski definition) is 2. The van der Waals surface area contributed by atoms with Crippen molar-refractivity contribution >= 4 is 0 Å². The Morgan fingerprint density at radius 2 is 2.00 bits per heavy atom. The van der Waals surface area contributed by atoms with E-state index in [1.165, 1.54) is 16.7 Å². The molecule has 2 aromatic rings. The fourth-order valence-corrected chi connectivity index (χ4v) is 1.61. The summed E-state index contributed by atoms with van der Waals surface area (Å²) in [7, 11) is 1.93. The topological polar surface area (TPSA) is 40.7 Å². The minimum atomic E-state index is 0.809. The molecule has 3 nitrogen and oxygen atoms in total. The Balaban J connectivity index is 2.36. The summed E-state index contributed by atoms with van der Waals surface area (Å²) in [5.41, 5.74) is 4.78. The van der Waals surface area contributed by atoms with Crippen molar-refractivity contribution < 1.29 is 0 Å². The first kappa shape index (κ1) is 9.93. The number of hydrogen-bond donors (Lipinski definition) is 2. The summed E-state index contributed by atoms with van der Waals surface area (Å²) in [6.45, 7) is 2.90. The van der Waals surface area contributed by atoms with Gasteiger partial charge in [0.05, 0.1) is 11.9 Å². The fraction of sp³-hybridized carbons (Fsp3) is 0.250. The lowest BCUT2D eigenvalue weighted by molar-refractivity contribution is 0.785. The van der Waals surface area contributed by atoms with Gasteiger partial charge in [-0.25, -0.2) is 0 Å². The summed E-state index contributed by atoms with van der Waals surface area (Å²) in [5.74, 6) is 0. The fourth-order valence-electron chi connectivity index (χ4n) is 1.61. The lowest BCUT2D eigenvalue weighted by Gasteiger charge is -2.02. The Kier molecular flexibility index (Phi) is 2.83. The molecule has 0 atom stereocenters. The highest BCUT2D eigenvalue weighted by molar-refractivity contribution is 5.65. The zero-order valence-electron chi connectivity index (χ0n) is 9.04. The van der Waals surface area contributed by atoms with Crippen molar-refractivity contribution in [3.8, 4) is 11.1 Å². The largest absolute Gasteiger partial charge is 0.314 e. The molecule has 0 unspecified atom stereocenters. The highest BCUT2D eigenvalue weighted by atomic mass is 15.1. The molecule has 0 aliphatic rings. The Morgan fingerprint density at radius 1 is 1.27 bits per heavy atom. The van der Waals surface area contributed by atoms with Gasteiger partial charge in [0.25, 0.3) is 0 Å². The molecule has 15 heavy (non-hydrogen) atoms. The van der Waals surface area contributed by atoms with E-state index in [0.29, 0.717) is 0 Å². The van der Waals surface area contributed by atoms with E-state index in [-0.39, 0.29) is 0 Å². The first-order valence-electron chi connectivity index (χ1n) is 5.05. The van der Waals surface area contributed by atoms with E-state index >= 15 is 0 Å². The number of aryl methyl sites for hydroxylation is 1. The molecule has 0 aliphatic carbocycles. The molecule has 1 heterocycles. The smallest absolute Gasteiger partial charge is 0.0569 e. The number of H-pyrrole nitrogens is 1. The lowest BCUT2D eigenvalue weighted by Crippen LogP contribution is -2.06. The van der Waals surface area contributed by atoms with Crippen molar-refractivity contribution in [2.24, 2.45) is 0 Å². The maximum absolute atomic E-state index is 4.07. The molecule has 0 fully saturated rings. The van der Waals surface area contributed by atoms with Gasteiger partial charge in [-0.2, -0.15) is 5.10 Å². The zero-order valence-corrected chi connectivity index (χ0v) is 9.04. The second kappa shape index (κ2) is 4.28. The van der Waals surface area contributed by atoms with Gasteiger partial charge in [-0.1, -0.05) is 29.8 Å². The average molecular weight is 201 g/mol. The molecule has 0 amide bonds. The highest BCUT2D eigenvalue weighted by Gasteiger charge is 2.05. The van der Waals surface area contributed by atoms with E-state index in [1.807, 2.05) is 13.2 Å². The van der Waals surface area contributed by atoms with Crippen molar-refractivity contribution in [2.75, 3.05) is 7.05 Å². The van der Waals surface area contributed by atoms with Crippen LogP contribution < -0.4 is 5.32 Å². The molecule has 3 heteroatoms. The van der Waals surface area contributed by atoms with Gasteiger partial charge in [0.1, 0.15) is 0 Å². The molecule has 0 bridgehead atoms. The van der Waals surface area contributed by atoms with E-state index < -0.39 is 0 Å². The number of nitrogens with zero attached hydrogens (tertiary/aromatic N) is 1. The molecule has 2 rings (SSSR count). The van der Waals surface area contributed by atoms with Crippen LogP contribution >= 0.6 is 0 Å². The van der Waals surface area contributed by atoms with Gasteiger partial charge in [0.15, 0.2) is 0 Å². The van der Waals surface area contributed by atoms with Gasteiger partial charge in [0.2, 0.25) is 0 Å². The van der Waals surface area contributed by atoms with Gasteiger partial charge in [0, 0.05) is 12.1 Å². The standard InChI is InChI=1S/C12H15N3/c1-9-3-5-10(6-4-9)11-7-14-15-12(11)8-13-2/h3-7,13H,8H2,1-2H3,(H,14,15). The van der Waals surface area contributed by atoms with E-state index in [4.69, 9.17) is 0 Å². The number of aromatic nitrogens is 2. The molecule has 0 aliphatic heterocycles. The lowest BCUT2D eigenvalue weighted by atomic mass is 10.1. The monoisotopic (exact) mass is 201 g/mol. The summed E-state index contributed by atoms with van der Waals surface area (Å²) in [5, 5.41) is 10.2. The summed E-state index contributed by atoms with van der Waals surface area (Å²) < 4.78 is 0. The third-order valence-corrected chi connectivity index (χ3v) is 2.43. The van der Waals surface area contributed by atoms with Gasteiger partial charge in [-0.15, -0.1) is 0 Å². The maximum atomic E-state index is 4.07. The molecular weight excluding hydrogens is 186 g/mol. The molecule has 0 spiro atoms. The molecular formula is C12H15N3. The Morgan fingerprint density at radius 3 is 2.67 bits per heavy atom. The Hall–Kier alpha value is -1.61. The SMILES string of the molecule is CNCc1[nH]ncc1-c1ccc(C)cc1. The van der Waals surface area contributed by atoms with E-state index in [9.17, 15) is 0 Å². The second-order valence-electron chi connectivity index (χ2n) is 3.66. The Bertz CT molecular complexity index is 428. The summed E-state index contributed by atoms with van der Waals surface area (Å²) >= 11 is 0. The van der Waals surface area contributed by atoms with E-state index in [2.05, 4.69) is 46.7 Å². The molecule has 0 radical (unpaired) electrons. The first-order valence-corrected chi connectivity index (χ1v) is 5.05.